The van der Waals surface area contributed by atoms with E-state index in [1.807, 2.05) is 43.3 Å². The molecular weight excluding hydrogens is 646 g/mol. The van der Waals surface area contributed by atoms with Crippen LogP contribution in [0.4, 0.5) is 5.69 Å². The maximum atomic E-state index is 12.6. The van der Waals surface area contributed by atoms with Crippen molar-refractivity contribution in [3.05, 3.63) is 84.5 Å². The third kappa shape index (κ3) is 7.10. The van der Waals surface area contributed by atoms with Crippen molar-refractivity contribution < 1.29 is 19.4 Å². The number of phenols is 1. The number of amides is 1. The summed E-state index contributed by atoms with van der Waals surface area (Å²) in [5.74, 6) is 0.694. The molecule has 3 aromatic carbocycles. The molecule has 6 nitrogen and oxygen atoms in total. The van der Waals surface area contributed by atoms with Crippen LogP contribution in [0.3, 0.4) is 0 Å². The van der Waals surface area contributed by atoms with Crippen molar-refractivity contribution in [3.8, 4) is 23.3 Å². The maximum Gasteiger partial charge on any atom is 0.266 e. The molecule has 0 unspecified atom stereocenters. The molecule has 8 heteroatoms. The highest BCUT2D eigenvalue weighted by Gasteiger charge is 2.15. The van der Waals surface area contributed by atoms with E-state index < -0.39 is 5.91 Å². The second kappa shape index (κ2) is 11.9. The van der Waals surface area contributed by atoms with Crippen LogP contribution in [-0.2, 0) is 11.4 Å². The summed E-state index contributed by atoms with van der Waals surface area (Å²) in [5.41, 5.74) is 2.09. The van der Waals surface area contributed by atoms with Crippen LogP contribution in [0.1, 0.15) is 18.1 Å². The molecule has 168 valence electrons. The Kier molecular flexibility index (Phi) is 8.96. The lowest BCUT2D eigenvalue weighted by Gasteiger charge is -2.15. The fourth-order valence-corrected chi connectivity index (χ4v) is 4.01. The van der Waals surface area contributed by atoms with Crippen LogP contribution in [0.25, 0.3) is 6.08 Å². The van der Waals surface area contributed by atoms with Gasteiger partial charge in [0.1, 0.15) is 24.0 Å². The molecule has 2 N–H and O–H groups in total. The number of carbonyl (C=O) groups excluding carboxylic acids is 1. The molecule has 0 heterocycles. The first kappa shape index (κ1) is 24.9. The lowest BCUT2D eigenvalue weighted by molar-refractivity contribution is -0.112. The van der Waals surface area contributed by atoms with Gasteiger partial charge in [-0.05, 0) is 118 Å². The van der Waals surface area contributed by atoms with Crippen LogP contribution in [0.5, 0.6) is 17.2 Å². The highest BCUT2D eigenvalue weighted by molar-refractivity contribution is 14.1. The Morgan fingerprint density at radius 1 is 1.09 bits per heavy atom. The number of hydrogen-bond acceptors (Lipinski definition) is 5. The van der Waals surface area contributed by atoms with Gasteiger partial charge in [0.2, 0.25) is 0 Å². The van der Waals surface area contributed by atoms with Gasteiger partial charge >= 0.3 is 0 Å². The second-order valence-electron chi connectivity index (χ2n) is 6.85. The van der Waals surface area contributed by atoms with Crippen LogP contribution < -0.4 is 14.8 Å². The molecule has 3 rings (SSSR count). The minimum absolute atomic E-state index is 0.0612. The quantitative estimate of drug-likeness (QED) is 0.131. The van der Waals surface area contributed by atoms with E-state index in [0.717, 1.165) is 12.7 Å². The first-order valence-electron chi connectivity index (χ1n) is 9.95. The third-order valence-electron chi connectivity index (χ3n) is 4.43. The standard InChI is InChI=1S/C25H20I2N2O4/c1-2-32-23-13-17(11-18(14-28)25(31)29-20-7-9-21(30)10-8-20)12-22(27)24(23)33-15-16-3-5-19(26)6-4-16/h3-13,30H,2,15H2,1H3,(H,29,31)/b18-11+. The molecule has 0 aliphatic carbocycles. The smallest absolute Gasteiger partial charge is 0.266 e. The fourth-order valence-electron chi connectivity index (χ4n) is 2.87. The van der Waals surface area contributed by atoms with Crippen molar-refractivity contribution in [1.29, 1.82) is 5.26 Å². The van der Waals surface area contributed by atoms with Gasteiger partial charge in [-0.15, -0.1) is 0 Å². The van der Waals surface area contributed by atoms with Gasteiger partial charge in [-0.2, -0.15) is 5.26 Å². The van der Waals surface area contributed by atoms with Gasteiger partial charge in [0.05, 0.1) is 10.2 Å². The Morgan fingerprint density at radius 2 is 1.79 bits per heavy atom. The zero-order valence-electron chi connectivity index (χ0n) is 17.6. The molecule has 3 aromatic rings. The number of ether oxygens (including phenoxy) is 2. The van der Waals surface area contributed by atoms with Crippen molar-refractivity contribution in [2.24, 2.45) is 0 Å². The van der Waals surface area contributed by atoms with Gasteiger partial charge < -0.3 is 19.9 Å². The number of nitrogens with one attached hydrogen (secondary N) is 1. The molecule has 0 bridgehead atoms. The molecule has 1 amide bonds. The molecule has 0 fully saturated rings. The monoisotopic (exact) mass is 666 g/mol. The van der Waals surface area contributed by atoms with Gasteiger partial charge in [0, 0.05) is 9.26 Å². The summed E-state index contributed by atoms with van der Waals surface area (Å²) in [5, 5.41) is 21.6. The SMILES string of the molecule is CCOc1cc(/C=C(\C#N)C(=O)Nc2ccc(O)cc2)cc(I)c1OCc1ccc(I)cc1. The predicted octanol–water partition coefficient (Wildman–Crippen LogP) is 6.12. The number of nitrogens with zero attached hydrogens (tertiary/aromatic N) is 1. The van der Waals surface area contributed by atoms with E-state index in [2.05, 4.69) is 50.5 Å². The van der Waals surface area contributed by atoms with Crippen LogP contribution in [0, 0.1) is 18.5 Å². The lowest BCUT2D eigenvalue weighted by Crippen LogP contribution is -2.13. The van der Waals surface area contributed by atoms with E-state index in [9.17, 15) is 15.2 Å². The average molecular weight is 666 g/mol. The summed E-state index contributed by atoms with van der Waals surface area (Å²) in [6, 6.07) is 19.6. The van der Waals surface area contributed by atoms with Crippen LogP contribution in [-0.4, -0.2) is 17.6 Å². The molecule has 0 saturated carbocycles. The Bertz CT molecular complexity index is 1200. The van der Waals surface area contributed by atoms with E-state index in [-0.39, 0.29) is 11.3 Å². The summed E-state index contributed by atoms with van der Waals surface area (Å²) in [4.78, 5) is 12.6. The van der Waals surface area contributed by atoms with Crippen molar-refractivity contribution in [1.82, 2.24) is 0 Å². The van der Waals surface area contributed by atoms with E-state index in [1.165, 1.54) is 18.2 Å². The van der Waals surface area contributed by atoms with Gasteiger partial charge in [-0.3, -0.25) is 4.79 Å². The summed E-state index contributed by atoms with van der Waals surface area (Å²) >= 11 is 4.41. The third-order valence-corrected chi connectivity index (χ3v) is 5.95. The van der Waals surface area contributed by atoms with Crippen molar-refractivity contribution >= 4 is 62.9 Å². The van der Waals surface area contributed by atoms with Crippen molar-refractivity contribution in [2.75, 3.05) is 11.9 Å². The summed E-state index contributed by atoms with van der Waals surface area (Å²) < 4.78 is 13.8. The molecule has 0 aliphatic rings. The van der Waals surface area contributed by atoms with E-state index in [1.54, 1.807) is 18.2 Å². The molecule has 0 spiro atoms. The summed E-state index contributed by atoms with van der Waals surface area (Å²) in [7, 11) is 0. The molecule has 0 aromatic heterocycles. The Morgan fingerprint density at radius 3 is 2.42 bits per heavy atom. The van der Waals surface area contributed by atoms with Crippen molar-refractivity contribution in [2.45, 2.75) is 13.5 Å². The van der Waals surface area contributed by atoms with E-state index >= 15 is 0 Å². The number of anilines is 1. The Labute approximate surface area is 219 Å². The van der Waals surface area contributed by atoms with Crippen LogP contribution in [0.2, 0.25) is 0 Å². The van der Waals surface area contributed by atoms with Gasteiger partial charge in [-0.25, -0.2) is 0 Å². The molecular formula is C25H20I2N2O4. The maximum absolute atomic E-state index is 12.6. The normalized spacial score (nSPS) is 10.9. The molecule has 0 saturated heterocycles. The Hall–Kier alpha value is -2.78. The van der Waals surface area contributed by atoms with Crippen molar-refractivity contribution in [3.63, 3.8) is 0 Å². The average Bonchev–Trinajstić information content (AvgIpc) is 2.79. The number of rotatable bonds is 8. The lowest BCUT2D eigenvalue weighted by atomic mass is 10.1. The summed E-state index contributed by atoms with van der Waals surface area (Å²) in [6.45, 7) is 2.71. The van der Waals surface area contributed by atoms with Gasteiger partial charge in [0.25, 0.3) is 5.91 Å². The number of benzene rings is 3. The molecule has 33 heavy (non-hydrogen) atoms. The Balaban J connectivity index is 1.83. The number of nitriles is 1. The zero-order valence-corrected chi connectivity index (χ0v) is 22.0. The fraction of sp³-hybridized carbons (Fsp3) is 0.120. The predicted molar refractivity (Wildman–Crippen MR) is 144 cm³/mol. The highest BCUT2D eigenvalue weighted by atomic mass is 127. The minimum Gasteiger partial charge on any atom is -0.508 e. The number of phenolic OH excluding ortho intramolecular Hbond substituents is 1. The number of carbonyl (C=O) groups is 1. The zero-order chi connectivity index (χ0) is 23.8. The molecule has 0 atom stereocenters. The summed E-state index contributed by atoms with van der Waals surface area (Å²) in [6.07, 6.45) is 1.50. The largest absolute Gasteiger partial charge is 0.508 e. The van der Waals surface area contributed by atoms with E-state index in [0.29, 0.717) is 36.0 Å². The molecule has 0 radical (unpaired) electrons. The first-order valence-corrected chi connectivity index (χ1v) is 12.1. The molecule has 0 aliphatic heterocycles. The number of halogens is 2. The van der Waals surface area contributed by atoms with Crippen LogP contribution >= 0.6 is 45.2 Å². The topological polar surface area (TPSA) is 91.6 Å². The van der Waals surface area contributed by atoms with Gasteiger partial charge in [0.15, 0.2) is 11.5 Å². The second-order valence-corrected chi connectivity index (χ2v) is 9.26. The first-order chi connectivity index (χ1) is 15.9. The number of aromatic hydroxyl groups is 1. The number of hydrogen-bond donors (Lipinski definition) is 2. The minimum atomic E-state index is -0.546. The van der Waals surface area contributed by atoms with E-state index in [4.69, 9.17) is 9.47 Å². The van der Waals surface area contributed by atoms with Crippen LogP contribution in [0.15, 0.2) is 66.2 Å². The highest BCUT2D eigenvalue weighted by Crippen LogP contribution is 2.35. The van der Waals surface area contributed by atoms with Gasteiger partial charge in [-0.1, -0.05) is 12.1 Å².